The lowest BCUT2D eigenvalue weighted by Crippen LogP contribution is -2.49. The van der Waals surface area contributed by atoms with Crippen LogP contribution < -0.4 is 15.0 Å². The molecule has 3 heterocycles. The number of thioether (sulfide) groups is 1. The predicted molar refractivity (Wildman–Crippen MR) is 178 cm³/mol. The summed E-state index contributed by atoms with van der Waals surface area (Å²) < 4.78 is 5.28. The molecule has 2 unspecified atom stereocenters. The Balaban J connectivity index is 1.12. The van der Waals surface area contributed by atoms with E-state index in [4.69, 9.17) is 14.7 Å². The quantitative estimate of drug-likeness (QED) is 0.362. The molecule has 1 saturated heterocycles. The zero-order valence-corrected chi connectivity index (χ0v) is 26.2. The van der Waals surface area contributed by atoms with E-state index in [0.717, 1.165) is 24.3 Å². The van der Waals surface area contributed by atoms with Gasteiger partial charge in [0.25, 0.3) is 5.91 Å². The van der Waals surface area contributed by atoms with E-state index in [9.17, 15) is 14.4 Å². The van der Waals surface area contributed by atoms with Crippen molar-refractivity contribution in [2.45, 2.75) is 37.5 Å². The van der Waals surface area contributed by atoms with Crippen molar-refractivity contribution in [3.05, 3.63) is 84.4 Å². The molecule has 3 amide bonds. The Morgan fingerprint density at radius 2 is 1.76 bits per heavy atom. The minimum Gasteiger partial charge on any atom is -0.497 e. The topological polar surface area (TPSA) is 107 Å². The number of fused-ring (bicyclic) bond motifs is 3. The van der Waals surface area contributed by atoms with E-state index in [-0.39, 0.29) is 24.1 Å². The molecule has 6 rings (SSSR count). The fourth-order valence-electron chi connectivity index (χ4n) is 5.71. The Morgan fingerprint density at radius 1 is 1.00 bits per heavy atom. The first kappa shape index (κ1) is 30.4. The molecule has 0 spiro atoms. The smallest absolute Gasteiger partial charge is 0.259 e. The highest BCUT2D eigenvalue weighted by Gasteiger charge is 2.42. The third kappa shape index (κ3) is 6.58. The fourth-order valence-corrected chi connectivity index (χ4v) is 6.73. The first-order valence-corrected chi connectivity index (χ1v) is 16.1. The van der Waals surface area contributed by atoms with Gasteiger partial charge in [0, 0.05) is 55.6 Å². The first-order valence-electron chi connectivity index (χ1n) is 15.2. The van der Waals surface area contributed by atoms with Crippen molar-refractivity contribution in [1.82, 2.24) is 9.80 Å². The maximum Gasteiger partial charge on any atom is 0.259 e. The van der Waals surface area contributed by atoms with Crippen LogP contribution in [-0.2, 0) is 14.4 Å². The van der Waals surface area contributed by atoms with Gasteiger partial charge in [-0.3, -0.25) is 19.4 Å². The van der Waals surface area contributed by atoms with Crippen LogP contribution in [-0.4, -0.2) is 83.1 Å². The van der Waals surface area contributed by atoms with E-state index in [1.165, 1.54) is 16.7 Å². The van der Waals surface area contributed by atoms with Crippen molar-refractivity contribution in [1.29, 1.82) is 0 Å². The van der Waals surface area contributed by atoms with Crippen LogP contribution in [0.2, 0.25) is 0 Å². The number of amidine groups is 2. The van der Waals surface area contributed by atoms with E-state index < -0.39 is 11.3 Å². The number of nitrogens with zero attached hydrogens (tertiary/aromatic N) is 5. The van der Waals surface area contributed by atoms with Crippen LogP contribution in [0.15, 0.2) is 88.8 Å². The summed E-state index contributed by atoms with van der Waals surface area (Å²) in [6, 6.07) is 24.2. The molecule has 0 radical (unpaired) electrons. The third-order valence-electron chi connectivity index (χ3n) is 8.18. The summed E-state index contributed by atoms with van der Waals surface area (Å²) in [7, 11) is 1.58. The minimum absolute atomic E-state index is 0.0320. The SMILES string of the molecule is CCC(SC1=Nc2ccccc2C2=NC(CCC(=O)N3CCN(c4ccccc4)CC3)C(=O)N12)C(=O)Nc1cccc(OC)c1. The van der Waals surface area contributed by atoms with Crippen LogP contribution in [0.5, 0.6) is 5.75 Å². The van der Waals surface area contributed by atoms with E-state index in [1.807, 2.05) is 66.4 Å². The number of ether oxygens (including phenoxy) is 1. The highest BCUT2D eigenvalue weighted by Crippen LogP contribution is 2.36. The molecule has 2 atom stereocenters. The van der Waals surface area contributed by atoms with Gasteiger partial charge in [0.2, 0.25) is 11.8 Å². The number of benzene rings is 3. The highest BCUT2D eigenvalue weighted by atomic mass is 32.2. The lowest BCUT2D eigenvalue weighted by molar-refractivity contribution is -0.132. The summed E-state index contributed by atoms with van der Waals surface area (Å²) in [6.07, 6.45) is 1.06. The van der Waals surface area contributed by atoms with Gasteiger partial charge in [0.05, 0.1) is 18.0 Å². The van der Waals surface area contributed by atoms with Crippen LogP contribution in [0.1, 0.15) is 31.7 Å². The average molecular weight is 625 g/mol. The maximum absolute atomic E-state index is 13.8. The van der Waals surface area contributed by atoms with Crippen LogP contribution in [0.4, 0.5) is 17.1 Å². The van der Waals surface area contributed by atoms with E-state index in [0.29, 0.717) is 54.1 Å². The molecule has 0 aromatic heterocycles. The molecule has 0 bridgehead atoms. The van der Waals surface area contributed by atoms with Crippen molar-refractivity contribution in [2.24, 2.45) is 9.98 Å². The molecule has 3 aromatic rings. The molecule has 10 nitrogen and oxygen atoms in total. The molecule has 3 aliphatic heterocycles. The Hall–Kier alpha value is -4.64. The van der Waals surface area contributed by atoms with E-state index in [2.05, 4.69) is 22.3 Å². The number of amides is 3. The number of rotatable bonds is 9. The summed E-state index contributed by atoms with van der Waals surface area (Å²) in [6.45, 7) is 4.75. The van der Waals surface area contributed by atoms with Gasteiger partial charge < -0.3 is 19.9 Å². The molecule has 1 N–H and O–H groups in total. The van der Waals surface area contributed by atoms with Gasteiger partial charge in [-0.25, -0.2) is 9.89 Å². The summed E-state index contributed by atoms with van der Waals surface area (Å²) in [4.78, 5) is 55.6. The second-order valence-corrected chi connectivity index (χ2v) is 12.2. The van der Waals surface area contributed by atoms with Crippen LogP contribution >= 0.6 is 11.8 Å². The zero-order valence-electron chi connectivity index (χ0n) is 25.4. The summed E-state index contributed by atoms with van der Waals surface area (Å²) in [5.74, 6) is 0.770. The number of methoxy groups -OCH3 is 1. The standard InChI is InChI=1S/C34H36N6O4S/c1-3-29(32(42)35-23-10-9-13-25(22-23)44-2)45-34-37-27-15-8-7-14-26(27)31-36-28(33(43)40(31)34)16-17-30(41)39-20-18-38(19-21-39)24-11-5-4-6-12-24/h4-15,22,28-29H,3,16-21H2,1-2H3,(H,35,42). The van der Waals surface area contributed by atoms with E-state index >= 15 is 0 Å². The molecule has 0 aliphatic carbocycles. The molecule has 232 valence electrons. The maximum atomic E-state index is 13.8. The molecule has 1 fully saturated rings. The Labute approximate surface area is 267 Å². The number of anilines is 2. The second-order valence-electron chi connectivity index (χ2n) is 11.0. The summed E-state index contributed by atoms with van der Waals surface area (Å²) in [5.41, 5.74) is 3.24. The lowest BCUT2D eigenvalue weighted by Gasteiger charge is -2.36. The third-order valence-corrected chi connectivity index (χ3v) is 9.50. The fraction of sp³-hybridized carbons (Fsp3) is 0.324. The van der Waals surface area contributed by atoms with Gasteiger partial charge in [-0.1, -0.05) is 55.1 Å². The van der Waals surface area contributed by atoms with Crippen LogP contribution in [0, 0.1) is 0 Å². The number of carbonyl (C=O) groups excluding carboxylic acids is 3. The molecule has 45 heavy (non-hydrogen) atoms. The molecular weight excluding hydrogens is 588 g/mol. The van der Waals surface area contributed by atoms with Crippen molar-refractivity contribution in [3.63, 3.8) is 0 Å². The lowest BCUT2D eigenvalue weighted by atomic mass is 10.1. The number of aliphatic imine (C=N–C) groups is 2. The van der Waals surface area contributed by atoms with Gasteiger partial charge in [0.1, 0.15) is 17.6 Å². The van der Waals surface area contributed by atoms with Crippen molar-refractivity contribution < 1.29 is 19.1 Å². The molecule has 3 aliphatic rings. The van der Waals surface area contributed by atoms with Gasteiger partial charge in [-0.05, 0) is 49.2 Å². The van der Waals surface area contributed by atoms with Crippen LogP contribution in [0.25, 0.3) is 0 Å². The zero-order chi connectivity index (χ0) is 31.3. The Morgan fingerprint density at radius 3 is 2.51 bits per heavy atom. The minimum atomic E-state index is -0.697. The number of carbonyl (C=O) groups is 3. The van der Waals surface area contributed by atoms with Crippen molar-refractivity contribution in [2.75, 3.05) is 43.5 Å². The molecule has 3 aromatic carbocycles. The van der Waals surface area contributed by atoms with Crippen molar-refractivity contribution in [3.8, 4) is 5.75 Å². The van der Waals surface area contributed by atoms with Crippen molar-refractivity contribution >= 4 is 57.5 Å². The van der Waals surface area contributed by atoms with Gasteiger partial charge >= 0.3 is 0 Å². The number of hydrogen-bond acceptors (Lipinski definition) is 8. The normalized spacial score (nSPS) is 18.0. The van der Waals surface area contributed by atoms with Gasteiger partial charge in [-0.2, -0.15) is 0 Å². The van der Waals surface area contributed by atoms with Gasteiger partial charge in [-0.15, -0.1) is 0 Å². The largest absolute Gasteiger partial charge is 0.497 e. The summed E-state index contributed by atoms with van der Waals surface area (Å²) >= 11 is 1.25. The Bertz CT molecular complexity index is 1640. The number of piperazine rings is 1. The van der Waals surface area contributed by atoms with Crippen LogP contribution in [0.3, 0.4) is 0 Å². The number of nitrogens with one attached hydrogen (secondary N) is 1. The predicted octanol–water partition coefficient (Wildman–Crippen LogP) is 4.93. The molecule has 0 saturated carbocycles. The highest BCUT2D eigenvalue weighted by molar-refractivity contribution is 8.15. The molecule has 11 heteroatoms. The number of para-hydroxylation sites is 2. The van der Waals surface area contributed by atoms with E-state index in [1.54, 1.807) is 19.2 Å². The monoisotopic (exact) mass is 624 g/mol. The average Bonchev–Trinajstić information content (AvgIpc) is 3.42. The second kappa shape index (κ2) is 13.6. The Kier molecular flexibility index (Phi) is 9.16. The van der Waals surface area contributed by atoms with Gasteiger partial charge in [0.15, 0.2) is 5.17 Å². The first-order chi connectivity index (χ1) is 21.9. The molecular formula is C34H36N6O4S. The summed E-state index contributed by atoms with van der Waals surface area (Å²) in [5, 5.41) is 2.86. The number of hydrogen-bond donors (Lipinski definition) is 1.